The van der Waals surface area contributed by atoms with Crippen LogP contribution in [0.4, 0.5) is 4.39 Å². The molecule has 0 heterocycles. The van der Waals surface area contributed by atoms with Crippen LogP contribution in [0.25, 0.3) is 11.1 Å². The van der Waals surface area contributed by atoms with E-state index in [9.17, 15) is 4.39 Å². The second kappa shape index (κ2) is 6.44. The zero-order valence-corrected chi connectivity index (χ0v) is 12.4. The Morgan fingerprint density at radius 2 is 1.27 bits per heavy atom. The Balaban J connectivity index is 1.66. The van der Waals surface area contributed by atoms with Crippen molar-refractivity contribution in [1.29, 1.82) is 0 Å². The number of aryl methyl sites for hydroxylation is 1. The summed E-state index contributed by atoms with van der Waals surface area (Å²) in [6, 6.07) is 22.8. The summed E-state index contributed by atoms with van der Waals surface area (Å²) in [5.41, 5.74) is 4.55. The predicted molar refractivity (Wildman–Crippen MR) is 87.3 cm³/mol. The van der Waals surface area contributed by atoms with Crippen LogP contribution in [0, 0.1) is 12.7 Å². The summed E-state index contributed by atoms with van der Waals surface area (Å²) >= 11 is 0. The first-order valence-electron chi connectivity index (χ1n) is 7.25. The smallest absolute Gasteiger partial charge is 0.123 e. The van der Waals surface area contributed by atoms with E-state index in [4.69, 9.17) is 4.74 Å². The molecule has 0 aromatic heterocycles. The fourth-order valence-electron chi connectivity index (χ4n) is 2.24. The van der Waals surface area contributed by atoms with E-state index in [2.05, 4.69) is 31.2 Å². The van der Waals surface area contributed by atoms with Crippen molar-refractivity contribution in [3.8, 4) is 16.9 Å². The van der Waals surface area contributed by atoms with E-state index < -0.39 is 0 Å². The number of halogens is 1. The van der Waals surface area contributed by atoms with Gasteiger partial charge in [0.15, 0.2) is 0 Å². The summed E-state index contributed by atoms with van der Waals surface area (Å²) in [7, 11) is 0. The van der Waals surface area contributed by atoms with Gasteiger partial charge in [-0.05, 0) is 47.9 Å². The van der Waals surface area contributed by atoms with E-state index in [1.807, 2.05) is 24.3 Å². The van der Waals surface area contributed by atoms with Crippen molar-refractivity contribution in [1.82, 2.24) is 0 Å². The van der Waals surface area contributed by atoms with Crippen molar-refractivity contribution < 1.29 is 9.13 Å². The molecule has 110 valence electrons. The molecule has 0 unspecified atom stereocenters. The van der Waals surface area contributed by atoms with Crippen molar-refractivity contribution in [3.63, 3.8) is 0 Å². The zero-order valence-electron chi connectivity index (χ0n) is 12.4. The molecule has 0 fully saturated rings. The van der Waals surface area contributed by atoms with Crippen LogP contribution in [-0.2, 0) is 6.61 Å². The summed E-state index contributed by atoms with van der Waals surface area (Å²) in [5, 5.41) is 0. The highest BCUT2D eigenvalue weighted by Gasteiger charge is 2.00. The fourth-order valence-corrected chi connectivity index (χ4v) is 2.24. The number of ether oxygens (including phenoxy) is 1. The minimum absolute atomic E-state index is 0.230. The Kier molecular flexibility index (Phi) is 4.19. The van der Waals surface area contributed by atoms with Gasteiger partial charge in [0.2, 0.25) is 0 Å². The second-order valence-electron chi connectivity index (χ2n) is 5.31. The van der Waals surface area contributed by atoms with Crippen LogP contribution >= 0.6 is 0 Å². The third-order valence-corrected chi connectivity index (χ3v) is 3.56. The minimum Gasteiger partial charge on any atom is -0.489 e. The molecule has 0 radical (unpaired) electrons. The molecule has 0 aliphatic carbocycles. The van der Waals surface area contributed by atoms with Gasteiger partial charge >= 0.3 is 0 Å². The molecular formula is C20H17FO. The van der Waals surface area contributed by atoms with Crippen molar-refractivity contribution >= 4 is 0 Å². The molecule has 0 N–H and O–H groups in total. The monoisotopic (exact) mass is 292 g/mol. The van der Waals surface area contributed by atoms with Crippen molar-refractivity contribution in [3.05, 3.63) is 89.7 Å². The molecule has 3 aromatic carbocycles. The van der Waals surface area contributed by atoms with Gasteiger partial charge in [-0.3, -0.25) is 0 Å². The Bertz CT molecular complexity index is 728. The van der Waals surface area contributed by atoms with E-state index in [0.717, 1.165) is 16.9 Å². The number of hydrogen-bond acceptors (Lipinski definition) is 1. The van der Waals surface area contributed by atoms with Crippen molar-refractivity contribution in [2.45, 2.75) is 13.5 Å². The highest BCUT2D eigenvalue weighted by Crippen LogP contribution is 2.23. The van der Waals surface area contributed by atoms with Gasteiger partial charge in [0, 0.05) is 0 Å². The number of rotatable bonds is 4. The molecule has 1 nitrogen and oxygen atoms in total. The normalized spacial score (nSPS) is 10.5. The van der Waals surface area contributed by atoms with E-state index in [1.165, 1.54) is 23.3 Å². The number of hydrogen-bond donors (Lipinski definition) is 0. The summed E-state index contributed by atoms with van der Waals surface area (Å²) < 4.78 is 18.6. The predicted octanol–water partition coefficient (Wildman–Crippen LogP) is 5.38. The van der Waals surface area contributed by atoms with Gasteiger partial charge in [0.05, 0.1) is 0 Å². The Morgan fingerprint density at radius 3 is 1.86 bits per heavy atom. The fraction of sp³-hybridized carbons (Fsp3) is 0.100. The van der Waals surface area contributed by atoms with Crippen LogP contribution in [0.3, 0.4) is 0 Å². The van der Waals surface area contributed by atoms with E-state index in [1.54, 1.807) is 12.1 Å². The summed E-state index contributed by atoms with van der Waals surface area (Å²) in [6.45, 7) is 2.51. The molecule has 0 aliphatic rings. The molecule has 0 amide bonds. The lowest BCUT2D eigenvalue weighted by atomic mass is 10.0. The third kappa shape index (κ3) is 3.53. The molecular weight excluding hydrogens is 275 g/mol. The lowest BCUT2D eigenvalue weighted by molar-refractivity contribution is 0.306. The molecule has 0 saturated heterocycles. The zero-order chi connectivity index (χ0) is 15.4. The van der Waals surface area contributed by atoms with Crippen LogP contribution in [0.2, 0.25) is 0 Å². The van der Waals surface area contributed by atoms with Gasteiger partial charge in [0.1, 0.15) is 18.2 Å². The largest absolute Gasteiger partial charge is 0.489 e. The second-order valence-corrected chi connectivity index (χ2v) is 5.31. The van der Waals surface area contributed by atoms with E-state index >= 15 is 0 Å². The van der Waals surface area contributed by atoms with Gasteiger partial charge in [-0.25, -0.2) is 4.39 Å². The molecule has 22 heavy (non-hydrogen) atoms. The topological polar surface area (TPSA) is 9.23 Å². The minimum atomic E-state index is -0.230. The SMILES string of the molecule is Cc1ccc(-c2ccc(OCc3ccc(F)cc3)cc2)cc1. The number of benzene rings is 3. The molecule has 3 rings (SSSR count). The lowest BCUT2D eigenvalue weighted by Crippen LogP contribution is -1.95. The van der Waals surface area contributed by atoms with Gasteiger partial charge in [0.25, 0.3) is 0 Å². The molecule has 0 saturated carbocycles. The molecule has 0 aliphatic heterocycles. The van der Waals surface area contributed by atoms with Gasteiger partial charge in [-0.1, -0.05) is 54.1 Å². The molecule has 0 spiro atoms. The van der Waals surface area contributed by atoms with Gasteiger partial charge in [-0.2, -0.15) is 0 Å². The maximum atomic E-state index is 12.8. The Hall–Kier alpha value is -2.61. The average molecular weight is 292 g/mol. The average Bonchev–Trinajstić information content (AvgIpc) is 2.56. The van der Waals surface area contributed by atoms with E-state index in [0.29, 0.717) is 6.61 Å². The molecule has 0 atom stereocenters. The van der Waals surface area contributed by atoms with Crippen LogP contribution in [-0.4, -0.2) is 0 Å². The first-order valence-corrected chi connectivity index (χ1v) is 7.25. The molecule has 3 aromatic rings. The first kappa shape index (κ1) is 14.3. The van der Waals surface area contributed by atoms with Crippen LogP contribution in [0.1, 0.15) is 11.1 Å². The van der Waals surface area contributed by atoms with Crippen LogP contribution in [0.5, 0.6) is 5.75 Å². The maximum absolute atomic E-state index is 12.8. The first-order chi connectivity index (χ1) is 10.7. The van der Waals surface area contributed by atoms with Gasteiger partial charge in [-0.15, -0.1) is 0 Å². The van der Waals surface area contributed by atoms with Gasteiger partial charge < -0.3 is 4.74 Å². The van der Waals surface area contributed by atoms with Crippen LogP contribution in [0.15, 0.2) is 72.8 Å². The lowest BCUT2D eigenvalue weighted by Gasteiger charge is -2.08. The van der Waals surface area contributed by atoms with E-state index in [-0.39, 0.29) is 5.82 Å². The quantitative estimate of drug-likeness (QED) is 0.627. The summed E-state index contributed by atoms with van der Waals surface area (Å²) in [6.07, 6.45) is 0. The van der Waals surface area contributed by atoms with Crippen molar-refractivity contribution in [2.75, 3.05) is 0 Å². The standard InChI is InChI=1S/C20H17FO/c1-15-2-6-17(7-3-15)18-8-12-20(13-9-18)22-14-16-4-10-19(21)11-5-16/h2-13H,14H2,1H3. The third-order valence-electron chi connectivity index (χ3n) is 3.56. The molecule has 0 bridgehead atoms. The van der Waals surface area contributed by atoms with Crippen LogP contribution < -0.4 is 4.74 Å². The highest BCUT2D eigenvalue weighted by atomic mass is 19.1. The Labute approximate surface area is 130 Å². The maximum Gasteiger partial charge on any atom is 0.123 e. The highest BCUT2D eigenvalue weighted by molar-refractivity contribution is 5.64. The molecule has 2 heteroatoms. The van der Waals surface area contributed by atoms with Crippen molar-refractivity contribution in [2.24, 2.45) is 0 Å². The Morgan fingerprint density at radius 1 is 0.727 bits per heavy atom. The summed E-state index contributed by atoms with van der Waals surface area (Å²) in [4.78, 5) is 0. The summed E-state index contributed by atoms with van der Waals surface area (Å²) in [5.74, 6) is 0.575.